The number of carboxylic acid groups (broad SMARTS) is 1. The first-order valence-electron chi connectivity index (χ1n) is 8.69. The molecule has 0 heterocycles. The normalized spacial score (nSPS) is 13.2. The Balaban J connectivity index is 1.88. The number of halogens is 1. The van der Waals surface area contributed by atoms with Crippen LogP contribution in [0.3, 0.4) is 0 Å². The molecule has 0 aliphatic heterocycles. The second kappa shape index (κ2) is 9.60. The van der Waals surface area contributed by atoms with Crippen molar-refractivity contribution in [2.45, 2.75) is 25.5 Å². The van der Waals surface area contributed by atoms with E-state index in [0.29, 0.717) is 17.3 Å². The van der Waals surface area contributed by atoms with Crippen molar-refractivity contribution in [3.05, 3.63) is 58.6 Å². The Morgan fingerprint density at radius 1 is 1.22 bits per heavy atom. The molecule has 0 fully saturated rings. The molecule has 0 amide bonds. The van der Waals surface area contributed by atoms with E-state index in [0.717, 1.165) is 17.5 Å². The Morgan fingerprint density at radius 3 is 2.48 bits per heavy atom. The fourth-order valence-corrected chi connectivity index (χ4v) is 3.17. The Hall–Kier alpha value is -2.28. The molecule has 146 valence electrons. The van der Waals surface area contributed by atoms with Crippen LogP contribution in [-0.4, -0.2) is 47.5 Å². The molecule has 4 N–H and O–H groups in total. The lowest BCUT2D eigenvalue weighted by Gasteiger charge is -2.21. The molecule has 0 radical (unpaired) electrons. The van der Waals surface area contributed by atoms with Gasteiger partial charge in [-0.3, -0.25) is 4.79 Å². The van der Waals surface area contributed by atoms with Gasteiger partial charge in [0.2, 0.25) is 0 Å². The van der Waals surface area contributed by atoms with Gasteiger partial charge < -0.3 is 25.5 Å². The van der Waals surface area contributed by atoms with Gasteiger partial charge in [-0.15, -0.1) is 0 Å². The number of likely N-dealkylation sites (N-methyl/N-ethyl adjacent to an activating group) is 1. The maximum absolute atomic E-state index is 10.8. The minimum absolute atomic E-state index is 0.118. The predicted molar refractivity (Wildman–Crippen MR) is 107 cm³/mol. The molecule has 2 atom stereocenters. The van der Waals surface area contributed by atoms with Crippen LogP contribution in [0.4, 0.5) is 5.69 Å². The fourth-order valence-electron chi connectivity index (χ4n) is 2.82. The number of aromatic hydroxyl groups is 1. The summed E-state index contributed by atoms with van der Waals surface area (Å²) in [6, 6.07) is 11.9. The smallest absolute Gasteiger partial charge is 0.323 e. The standard InChI is InChI=1S/C20H25ClN2O4/c1-13(20(27)15-4-6-16(24)7-5-15)22-10-9-14-3-8-18(17(21)11-14)23(2)12-19(25)26/h3-8,11,13,20,22,24,27H,9-10,12H2,1-2H3,(H,25,26)/t13-,20-/m0/s1. The number of nitrogens with one attached hydrogen (secondary N) is 1. The topological polar surface area (TPSA) is 93.0 Å². The molecule has 6 nitrogen and oxygen atoms in total. The van der Waals surface area contributed by atoms with Gasteiger partial charge in [-0.2, -0.15) is 0 Å². The van der Waals surface area contributed by atoms with E-state index in [-0.39, 0.29) is 18.3 Å². The monoisotopic (exact) mass is 392 g/mol. The Labute approximate surface area is 164 Å². The number of carbonyl (C=O) groups is 1. The average Bonchev–Trinajstić information content (AvgIpc) is 2.61. The molecule has 0 aliphatic carbocycles. The van der Waals surface area contributed by atoms with E-state index in [2.05, 4.69) is 5.32 Å². The number of benzene rings is 2. The Bertz CT molecular complexity index is 767. The summed E-state index contributed by atoms with van der Waals surface area (Å²) < 4.78 is 0. The second-order valence-electron chi connectivity index (χ2n) is 6.56. The highest BCUT2D eigenvalue weighted by Gasteiger charge is 2.16. The molecule has 0 aromatic heterocycles. The summed E-state index contributed by atoms with van der Waals surface area (Å²) in [5.74, 6) is -0.746. The van der Waals surface area contributed by atoms with Crippen LogP contribution in [0, 0.1) is 0 Å². The molecular weight excluding hydrogens is 368 g/mol. The number of phenolic OH excluding ortho intramolecular Hbond substituents is 1. The average molecular weight is 393 g/mol. The van der Waals surface area contributed by atoms with Gasteiger partial charge in [-0.1, -0.05) is 29.8 Å². The first kappa shape index (κ1) is 21.0. The van der Waals surface area contributed by atoms with Gasteiger partial charge in [-0.25, -0.2) is 0 Å². The molecule has 0 saturated carbocycles. The van der Waals surface area contributed by atoms with Crippen molar-refractivity contribution in [3.8, 4) is 5.75 Å². The van der Waals surface area contributed by atoms with Crippen molar-refractivity contribution in [3.63, 3.8) is 0 Å². The Morgan fingerprint density at radius 2 is 1.89 bits per heavy atom. The van der Waals surface area contributed by atoms with Crippen molar-refractivity contribution in [2.75, 3.05) is 25.0 Å². The van der Waals surface area contributed by atoms with Crippen LogP contribution in [0.1, 0.15) is 24.2 Å². The highest BCUT2D eigenvalue weighted by molar-refractivity contribution is 6.33. The number of aliphatic carboxylic acids is 1. The highest BCUT2D eigenvalue weighted by atomic mass is 35.5. The molecule has 0 saturated heterocycles. The SMILES string of the molecule is C[C@H](NCCc1ccc(N(C)CC(=O)O)c(Cl)c1)[C@H](O)c1ccc(O)cc1. The van der Waals surface area contributed by atoms with E-state index in [9.17, 15) is 15.0 Å². The lowest BCUT2D eigenvalue weighted by Crippen LogP contribution is -2.33. The van der Waals surface area contributed by atoms with Gasteiger partial charge in [0.05, 0.1) is 16.8 Å². The molecule has 2 rings (SSSR count). The second-order valence-corrected chi connectivity index (χ2v) is 6.97. The number of hydrogen-bond acceptors (Lipinski definition) is 5. The van der Waals surface area contributed by atoms with E-state index in [1.54, 1.807) is 36.2 Å². The molecule has 0 spiro atoms. The van der Waals surface area contributed by atoms with Crippen LogP contribution in [0.5, 0.6) is 5.75 Å². The van der Waals surface area contributed by atoms with Gasteiger partial charge in [0.15, 0.2) is 0 Å². The third-order valence-corrected chi connectivity index (χ3v) is 4.69. The first-order chi connectivity index (χ1) is 12.8. The van der Waals surface area contributed by atoms with Gasteiger partial charge in [-0.05, 0) is 55.3 Å². The van der Waals surface area contributed by atoms with E-state index < -0.39 is 12.1 Å². The number of hydrogen-bond donors (Lipinski definition) is 4. The van der Waals surface area contributed by atoms with E-state index in [1.165, 1.54) is 0 Å². The van der Waals surface area contributed by atoms with Gasteiger partial charge in [0.1, 0.15) is 12.3 Å². The number of aliphatic hydroxyl groups excluding tert-OH is 1. The number of phenols is 1. The zero-order chi connectivity index (χ0) is 20.0. The molecular formula is C20H25ClN2O4. The van der Waals surface area contributed by atoms with Crippen LogP contribution in [0.15, 0.2) is 42.5 Å². The maximum Gasteiger partial charge on any atom is 0.323 e. The highest BCUT2D eigenvalue weighted by Crippen LogP contribution is 2.26. The van der Waals surface area contributed by atoms with Crippen LogP contribution in [0.2, 0.25) is 5.02 Å². The van der Waals surface area contributed by atoms with E-state index in [1.807, 2.05) is 25.1 Å². The van der Waals surface area contributed by atoms with E-state index in [4.69, 9.17) is 16.7 Å². The van der Waals surface area contributed by atoms with E-state index >= 15 is 0 Å². The number of carboxylic acids is 1. The zero-order valence-corrected chi connectivity index (χ0v) is 16.1. The van der Waals surface area contributed by atoms with Crippen LogP contribution >= 0.6 is 11.6 Å². The predicted octanol–water partition coefficient (Wildman–Crippen LogP) is 2.82. The molecule has 0 bridgehead atoms. The third kappa shape index (κ3) is 6.13. The summed E-state index contributed by atoms with van der Waals surface area (Å²) in [6.45, 7) is 2.43. The number of rotatable bonds is 9. The molecule has 27 heavy (non-hydrogen) atoms. The summed E-state index contributed by atoms with van der Waals surface area (Å²) in [7, 11) is 1.68. The summed E-state index contributed by atoms with van der Waals surface area (Å²) in [4.78, 5) is 12.4. The number of aliphatic hydroxyl groups is 1. The minimum atomic E-state index is -0.914. The lowest BCUT2D eigenvalue weighted by atomic mass is 10.0. The van der Waals surface area contributed by atoms with Crippen molar-refractivity contribution in [1.29, 1.82) is 0 Å². The fraction of sp³-hybridized carbons (Fsp3) is 0.350. The summed E-state index contributed by atoms with van der Waals surface area (Å²) in [5.41, 5.74) is 2.43. The summed E-state index contributed by atoms with van der Waals surface area (Å²) in [6.07, 6.45) is 0.0381. The van der Waals surface area contributed by atoms with Crippen molar-refractivity contribution in [2.24, 2.45) is 0 Å². The van der Waals surface area contributed by atoms with Crippen LogP contribution in [-0.2, 0) is 11.2 Å². The van der Waals surface area contributed by atoms with Crippen molar-refractivity contribution < 1.29 is 20.1 Å². The third-order valence-electron chi connectivity index (χ3n) is 4.38. The molecule has 0 unspecified atom stereocenters. The van der Waals surface area contributed by atoms with Crippen LogP contribution in [0.25, 0.3) is 0 Å². The zero-order valence-electron chi connectivity index (χ0n) is 15.4. The summed E-state index contributed by atoms with van der Waals surface area (Å²) >= 11 is 6.28. The van der Waals surface area contributed by atoms with Crippen LogP contribution < -0.4 is 10.2 Å². The number of nitrogens with zero attached hydrogens (tertiary/aromatic N) is 1. The lowest BCUT2D eigenvalue weighted by molar-refractivity contribution is -0.135. The minimum Gasteiger partial charge on any atom is -0.508 e. The molecule has 2 aromatic rings. The van der Waals surface area contributed by atoms with Gasteiger partial charge >= 0.3 is 5.97 Å². The molecule has 7 heteroatoms. The largest absolute Gasteiger partial charge is 0.508 e. The number of anilines is 1. The summed E-state index contributed by atoms with van der Waals surface area (Å²) in [5, 5.41) is 32.4. The van der Waals surface area contributed by atoms with Crippen molar-refractivity contribution >= 4 is 23.3 Å². The van der Waals surface area contributed by atoms with Gasteiger partial charge in [0, 0.05) is 13.1 Å². The van der Waals surface area contributed by atoms with Gasteiger partial charge in [0.25, 0.3) is 0 Å². The molecule has 2 aromatic carbocycles. The molecule has 0 aliphatic rings. The quantitative estimate of drug-likeness (QED) is 0.524. The first-order valence-corrected chi connectivity index (χ1v) is 9.07. The van der Waals surface area contributed by atoms with Crippen molar-refractivity contribution in [1.82, 2.24) is 5.32 Å². The Kier molecular flexibility index (Phi) is 7.47. The maximum atomic E-state index is 10.8.